The first-order chi connectivity index (χ1) is 10.4. The number of benzene rings is 2. The maximum Gasteiger partial charge on any atom is 0.172 e. The zero-order valence-electron chi connectivity index (χ0n) is 11.5. The van der Waals surface area contributed by atoms with E-state index in [2.05, 4.69) is 22.4 Å². The van der Waals surface area contributed by atoms with E-state index in [1.165, 1.54) is 5.56 Å². The number of carbonyl (C=O) groups is 1. The molecule has 0 N–H and O–H groups in total. The fraction of sp³-hybridized carbons (Fsp3) is 0.118. The Kier molecular flexibility index (Phi) is 3.87. The highest BCUT2D eigenvalue weighted by Gasteiger charge is 2.13. The summed E-state index contributed by atoms with van der Waals surface area (Å²) in [5.41, 5.74) is 3.35. The summed E-state index contributed by atoms with van der Waals surface area (Å²) in [6, 6.07) is 20.0. The van der Waals surface area contributed by atoms with Crippen LogP contribution in [-0.2, 0) is 13.0 Å². The highest BCUT2D eigenvalue weighted by Crippen LogP contribution is 2.21. The molecule has 0 aliphatic heterocycles. The third-order valence-corrected chi connectivity index (χ3v) is 3.38. The summed E-state index contributed by atoms with van der Waals surface area (Å²) in [6.07, 6.45) is 1.61. The van der Waals surface area contributed by atoms with Crippen molar-refractivity contribution in [3.05, 3.63) is 71.9 Å². The molecular formula is C17H15N3O. The van der Waals surface area contributed by atoms with Gasteiger partial charge >= 0.3 is 0 Å². The first-order valence-corrected chi connectivity index (χ1v) is 6.86. The van der Waals surface area contributed by atoms with Gasteiger partial charge in [0.25, 0.3) is 0 Å². The molecule has 0 spiro atoms. The number of rotatable bonds is 5. The highest BCUT2D eigenvalue weighted by atomic mass is 16.1. The van der Waals surface area contributed by atoms with Crippen molar-refractivity contribution in [1.29, 1.82) is 0 Å². The van der Waals surface area contributed by atoms with Gasteiger partial charge in [0, 0.05) is 12.1 Å². The molecule has 0 radical (unpaired) electrons. The monoisotopic (exact) mass is 277 g/mol. The van der Waals surface area contributed by atoms with Gasteiger partial charge in [0.15, 0.2) is 12.0 Å². The quantitative estimate of drug-likeness (QED) is 0.673. The second kappa shape index (κ2) is 6.13. The van der Waals surface area contributed by atoms with Crippen molar-refractivity contribution in [3.63, 3.8) is 0 Å². The van der Waals surface area contributed by atoms with Crippen LogP contribution in [0.4, 0.5) is 0 Å². The van der Waals surface area contributed by atoms with E-state index in [0.29, 0.717) is 12.2 Å². The van der Waals surface area contributed by atoms with Gasteiger partial charge < -0.3 is 0 Å². The van der Waals surface area contributed by atoms with Crippen LogP contribution in [0.5, 0.6) is 0 Å². The van der Waals surface area contributed by atoms with Crippen molar-refractivity contribution in [3.8, 4) is 11.3 Å². The topological polar surface area (TPSA) is 47.8 Å². The smallest absolute Gasteiger partial charge is 0.172 e. The van der Waals surface area contributed by atoms with E-state index < -0.39 is 0 Å². The van der Waals surface area contributed by atoms with Crippen molar-refractivity contribution in [2.45, 2.75) is 13.0 Å². The molecule has 1 heterocycles. The molecule has 0 bridgehead atoms. The van der Waals surface area contributed by atoms with E-state index in [1.807, 2.05) is 48.5 Å². The average molecular weight is 277 g/mol. The summed E-state index contributed by atoms with van der Waals surface area (Å²) in [4.78, 5) is 11.2. The van der Waals surface area contributed by atoms with Gasteiger partial charge in [-0.05, 0) is 12.0 Å². The molecule has 0 unspecified atom stereocenters. The van der Waals surface area contributed by atoms with Crippen LogP contribution in [0.25, 0.3) is 11.3 Å². The Bertz CT molecular complexity index is 720. The number of hydrogen-bond acceptors (Lipinski definition) is 3. The van der Waals surface area contributed by atoms with Gasteiger partial charge in [-0.25, -0.2) is 4.68 Å². The molecule has 0 saturated carbocycles. The van der Waals surface area contributed by atoms with Crippen molar-refractivity contribution >= 4 is 6.29 Å². The molecule has 0 atom stereocenters. The number of aryl methyl sites for hydroxylation is 2. The normalized spacial score (nSPS) is 10.5. The van der Waals surface area contributed by atoms with Gasteiger partial charge in [-0.2, -0.15) is 0 Å². The van der Waals surface area contributed by atoms with Crippen LogP contribution >= 0.6 is 0 Å². The van der Waals surface area contributed by atoms with Gasteiger partial charge in [-0.15, -0.1) is 5.10 Å². The molecule has 4 heteroatoms. The van der Waals surface area contributed by atoms with Crippen molar-refractivity contribution in [2.75, 3.05) is 0 Å². The minimum absolute atomic E-state index is 0.384. The van der Waals surface area contributed by atoms with Gasteiger partial charge in [0.05, 0.1) is 5.69 Å². The van der Waals surface area contributed by atoms with Crippen LogP contribution in [0.3, 0.4) is 0 Å². The maximum atomic E-state index is 11.2. The Balaban J connectivity index is 1.89. The Morgan fingerprint density at radius 3 is 2.29 bits per heavy atom. The number of nitrogens with zero attached hydrogens (tertiary/aromatic N) is 3. The minimum Gasteiger partial charge on any atom is -0.296 e. The van der Waals surface area contributed by atoms with Crippen LogP contribution in [0.15, 0.2) is 60.7 Å². The van der Waals surface area contributed by atoms with Crippen LogP contribution in [0.2, 0.25) is 0 Å². The summed E-state index contributed by atoms with van der Waals surface area (Å²) >= 11 is 0. The van der Waals surface area contributed by atoms with Gasteiger partial charge in [-0.3, -0.25) is 4.79 Å². The lowest BCUT2D eigenvalue weighted by Gasteiger charge is -2.07. The van der Waals surface area contributed by atoms with E-state index in [0.717, 1.165) is 24.0 Å². The van der Waals surface area contributed by atoms with Crippen LogP contribution in [0, 0.1) is 0 Å². The standard InChI is InChI=1S/C17H15N3O/c21-13-16-17(15-9-5-2-6-10-15)20(19-18-16)12-11-14-7-3-1-4-8-14/h1-10,13H,11-12H2. The molecule has 1 aromatic heterocycles. The molecule has 3 rings (SSSR count). The molecular weight excluding hydrogens is 262 g/mol. The molecule has 0 fully saturated rings. The molecule has 3 aromatic rings. The zero-order chi connectivity index (χ0) is 14.5. The predicted octanol–water partition coefficient (Wildman–Crippen LogP) is 3.00. The SMILES string of the molecule is O=Cc1nnn(CCc2ccccc2)c1-c1ccccc1. The van der Waals surface area contributed by atoms with Crippen LogP contribution in [-0.4, -0.2) is 21.3 Å². The van der Waals surface area contributed by atoms with Gasteiger partial charge in [-0.1, -0.05) is 65.9 Å². The summed E-state index contributed by atoms with van der Waals surface area (Å²) in [5.74, 6) is 0. The predicted molar refractivity (Wildman–Crippen MR) is 81.0 cm³/mol. The first kappa shape index (κ1) is 13.2. The molecule has 0 aliphatic carbocycles. The molecule has 21 heavy (non-hydrogen) atoms. The minimum atomic E-state index is 0.384. The third kappa shape index (κ3) is 2.89. The van der Waals surface area contributed by atoms with E-state index in [1.54, 1.807) is 4.68 Å². The van der Waals surface area contributed by atoms with E-state index in [4.69, 9.17) is 0 Å². The Hall–Kier alpha value is -2.75. The van der Waals surface area contributed by atoms with Gasteiger partial charge in [0.2, 0.25) is 0 Å². The van der Waals surface area contributed by atoms with E-state index >= 15 is 0 Å². The highest BCUT2D eigenvalue weighted by molar-refractivity contribution is 5.83. The van der Waals surface area contributed by atoms with Crippen LogP contribution in [0.1, 0.15) is 16.1 Å². The fourth-order valence-corrected chi connectivity index (χ4v) is 2.33. The fourth-order valence-electron chi connectivity index (χ4n) is 2.33. The van der Waals surface area contributed by atoms with E-state index in [-0.39, 0.29) is 0 Å². The lowest BCUT2D eigenvalue weighted by atomic mass is 10.1. The number of carbonyl (C=O) groups excluding carboxylic acids is 1. The Morgan fingerprint density at radius 1 is 0.952 bits per heavy atom. The third-order valence-electron chi connectivity index (χ3n) is 3.38. The summed E-state index contributed by atoms with van der Waals surface area (Å²) < 4.78 is 1.80. The van der Waals surface area contributed by atoms with Crippen molar-refractivity contribution < 1.29 is 4.79 Å². The largest absolute Gasteiger partial charge is 0.296 e. The Morgan fingerprint density at radius 2 is 1.62 bits per heavy atom. The zero-order valence-corrected chi connectivity index (χ0v) is 11.5. The molecule has 2 aromatic carbocycles. The van der Waals surface area contributed by atoms with Crippen molar-refractivity contribution in [1.82, 2.24) is 15.0 Å². The first-order valence-electron chi connectivity index (χ1n) is 6.86. The van der Waals surface area contributed by atoms with Crippen LogP contribution < -0.4 is 0 Å². The van der Waals surface area contributed by atoms with Gasteiger partial charge in [0.1, 0.15) is 0 Å². The molecule has 4 nitrogen and oxygen atoms in total. The average Bonchev–Trinajstić information content (AvgIpc) is 2.97. The summed E-state index contributed by atoms with van der Waals surface area (Å²) in [7, 11) is 0. The number of aromatic nitrogens is 3. The molecule has 0 aliphatic rings. The summed E-state index contributed by atoms with van der Waals surface area (Å²) in [6.45, 7) is 0.690. The van der Waals surface area contributed by atoms with E-state index in [9.17, 15) is 4.79 Å². The maximum absolute atomic E-state index is 11.2. The number of aldehydes is 1. The van der Waals surface area contributed by atoms with Crippen molar-refractivity contribution in [2.24, 2.45) is 0 Å². The molecule has 0 amide bonds. The lowest BCUT2D eigenvalue weighted by Crippen LogP contribution is -2.05. The molecule has 0 saturated heterocycles. The molecule has 104 valence electrons. The lowest BCUT2D eigenvalue weighted by molar-refractivity contribution is 0.111. The Labute approximate surface area is 123 Å². The summed E-state index contributed by atoms with van der Waals surface area (Å²) in [5, 5.41) is 8.08. The second-order valence-corrected chi connectivity index (χ2v) is 4.77. The number of hydrogen-bond donors (Lipinski definition) is 0. The second-order valence-electron chi connectivity index (χ2n) is 4.77.